The highest BCUT2D eigenvalue weighted by Gasteiger charge is 2.40. The second-order valence-electron chi connectivity index (χ2n) is 9.99. The predicted octanol–water partition coefficient (Wildman–Crippen LogP) is 3.45. The number of amides is 3. The fourth-order valence-corrected chi connectivity index (χ4v) is 5.01. The van der Waals surface area contributed by atoms with Gasteiger partial charge in [0.2, 0.25) is 11.8 Å². The van der Waals surface area contributed by atoms with Gasteiger partial charge in [0, 0.05) is 42.1 Å². The molecule has 1 N–H and O–H groups in total. The lowest BCUT2D eigenvalue weighted by molar-refractivity contribution is -0.136. The molecule has 1 aromatic carbocycles. The second-order valence-corrected chi connectivity index (χ2v) is 9.99. The first-order valence-electron chi connectivity index (χ1n) is 12.3. The van der Waals surface area contributed by atoms with Crippen molar-refractivity contribution in [1.82, 2.24) is 15.1 Å². The number of carbonyl (C=O) groups is 3. The molecule has 0 saturated carbocycles. The first-order chi connectivity index (χ1) is 16.2. The molecule has 7 heteroatoms. The van der Waals surface area contributed by atoms with Crippen LogP contribution in [-0.2, 0) is 16.1 Å². The van der Waals surface area contributed by atoms with E-state index in [9.17, 15) is 14.4 Å². The van der Waals surface area contributed by atoms with Crippen molar-refractivity contribution in [2.75, 3.05) is 13.2 Å². The number of carbonyl (C=O) groups excluding carboxylic acids is 3. The van der Waals surface area contributed by atoms with Crippen LogP contribution in [0.1, 0.15) is 62.9 Å². The van der Waals surface area contributed by atoms with Crippen LogP contribution in [0.2, 0.25) is 0 Å². The van der Waals surface area contributed by atoms with Gasteiger partial charge in [-0.1, -0.05) is 24.3 Å². The van der Waals surface area contributed by atoms with E-state index in [1.807, 2.05) is 12.1 Å². The molecule has 1 aromatic rings. The van der Waals surface area contributed by atoms with Crippen LogP contribution in [0.25, 0.3) is 0 Å². The molecule has 182 valence electrons. The zero-order chi connectivity index (χ0) is 24.4. The van der Waals surface area contributed by atoms with Crippen LogP contribution in [0, 0.1) is 5.92 Å². The van der Waals surface area contributed by atoms with Crippen molar-refractivity contribution in [2.24, 2.45) is 5.92 Å². The minimum atomic E-state index is -0.619. The number of nitrogens with one attached hydrogen (secondary N) is 1. The van der Waals surface area contributed by atoms with Gasteiger partial charge in [-0.25, -0.2) is 0 Å². The Hall–Kier alpha value is -2.93. The van der Waals surface area contributed by atoms with E-state index < -0.39 is 11.9 Å². The van der Waals surface area contributed by atoms with Gasteiger partial charge in [0.25, 0.3) is 5.91 Å². The van der Waals surface area contributed by atoms with Crippen molar-refractivity contribution in [2.45, 2.75) is 71.6 Å². The lowest BCUT2D eigenvalue weighted by atomic mass is 9.96. The number of piperidine rings is 1. The monoisotopic (exact) mass is 465 g/mol. The van der Waals surface area contributed by atoms with Crippen LogP contribution in [0.5, 0.6) is 5.75 Å². The summed E-state index contributed by atoms with van der Waals surface area (Å²) >= 11 is 0. The first-order valence-corrected chi connectivity index (χ1v) is 12.3. The van der Waals surface area contributed by atoms with Gasteiger partial charge in [0.05, 0.1) is 13.2 Å². The molecule has 1 fully saturated rings. The number of fused-ring (bicyclic) bond motifs is 1. The molecule has 2 aliphatic heterocycles. The third kappa shape index (κ3) is 5.09. The van der Waals surface area contributed by atoms with Gasteiger partial charge in [0.1, 0.15) is 11.8 Å². The SMILES string of the molecule is CC(C)N(CC1=CCC(COc2cccc3c2CN(C2CCC(=O)NC2=O)C3=O)C=C1)C(C)C. The maximum absolute atomic E-state index is 13.0. The lowest BCUT2D eigenvalue weighted by Crippen LogP contribution is -2.52. The average molecular weight is 466 g/mol. The highest BCUT2D eigenvalue weighted by Crippen LogP contribution is 2.34. The number of nitrogens with zero attached hydrogens (tertiary/aromatic N) is 2. The zero-order valence-electron chi connectivity index (χ0n) is 20.5. The van der Waals surface area contributed by atoms with Crippen molar-refractivity contribution >= 4 is 17.7 Å². The molecule has 2 atom stereocenters. The van der Waals surface area contributed by atoms with Gasteiger partial charge in [-0.2, -0.15) is 0 Å². The Morgan fingerprint density at radius 3 is 2.56 bits per heavy atom. The number of ether oxygens (including phenoxy) is 1. The summed E-state index contributed by atoms with van der Waals surface area (Å²) < 4.78 is 6.18. The highest BCUT2D eigenvalue weighted by molar-refractivity contribution is 6.05. The maximum Gasteiger partial charge on any atom is 0.255 e. The van der Waals surface area contributed by atoms with Crippen LogP contribution >= 0.6 is 0 Å². The molecule has 7 nitrogen and oxygen atoms in total. The van der Waals surface area contributed by atoms with Gasteiger partial charge in [-0.15, -0.1) is 0 Å². The van der Waals surface area contributed by atoms with Crippen molar-refractivity contribution < 1.29 is 19.1 Å². The molecule has 4 rings (SSSR count). The first kappa shape index (κ1) is 24.2. The number of benzene rings is 1. The molecule has 2 heterocycles. The van der Waals surface area contributed by atoms with Crippen LogP contribution in [-0.4, -0.2) is 58.8 Å². The summed E-state index contributed by atoms with van der Waals surface area (Å²) in [5, 5.41) is 2.34. The Morgan fingerprint density at radius 2 is 1.91 bits per heavy atom. The Labute approximate surface area is 201 Å². The minimum absolute atomic E-state index is 0.181. The average Bonchev–Trinajstić information content (AvgIpc) is 3.13. The van der Waals surface area contributed by atoms with E-state index in [2.05, 4.69) is 56.1 Å². The molecule has 0 aromatic heterocycles. The molecule has 1 saturated heterocycles. The largest absolute Gasteiger partial charge is 0.493 e. The van der Waals surface area contributed by atoms with E-state index in [1.165, 1.54) is 5.57 Å². The van der Waals surface area contributed by atoms with E-state index in [1.54, 1.807) is 11.0 Å². The third-order valence-electron chi connectivity index (χ3n) is 6.95. The van der Waals surface area contributed by atoms with Gasteiger partial charge < -0.3 is 9.64 Å². The minimum Gasteiger partial charge on any atom is -0.493 e. The fraction of sp³-hybridized carbons (Fsp3) is 0.519. The molecule has 2 unspecified atom stereocenters. The fourth-order valence-electron chi connectivity index (χ4n) is 5.01. The van der Waals surface area contributed by atoms with Crippen LogP contribution in [0.3, 0.4) is 0 Å². The van der Waals surface area contributed by atoms with Gasteiger partial charge in [-0.05, 0) is 58.2 Å². The molecule has 3 aliphatic rings. The standard InChI is InChI=1S/C27H35N3O4/c1-17(2)29(18(3)4)14-19-8-10-20(11-9-19)16-34-24-7-5-6-21-22(24)15-30(27(21)33)23-12-13-25(31)28-26(23)32/h5-10,17-18,20,23H,11-16H2,1-4H3,(H,28,31,32). The van der Waals surface area contributed by atoms with E-state index in [4.69, 9.17) is 4.74 Å². The number of allylic oxidation sites excluding steroid dienone is 1. The van der Waals surface area contributed by atoms with Crippen LogP contribution in [0.15, 0.2) is 42.0 Å². The summed E-state index contributed by atoms with van der Waals surface area (Å²) in [6.07, 6.45) is 8.25. The van der Waals surface area contributed by atoms with Crippen LogP contribution in [0.4, 0.5) is 0 Å². The Morgan fingerprint density at radius 1 is 1.15 bits per heavy atom. The van der Waals surface area contributed by atoms with Crippen molar-refractivity contribution in [3.63, 3.8) is 0 Å². The Kier molecular flexibility index (Phi) is 7.22. The normalized spacial score (nSPS) is 22.5. The summed E-state index contributed by atoms with van der Waals surface area (Å²) in [6.45, 7) is 10.7. The van der Waals surface area contributed by atoms with Gasteiger partial charge in [-0.3, -0.25) is 24.6 Å². The quantitative estimate of drug-likeness (QED) is 0.595. The smallest absolute Gasteiger partial charge is 0.255 e. The molecule has 3 amide bonds. The summed E-state index contributed by atoms with van der Waals surface area (Å²) in [6, 6.07) is 5.86. The van der Waals surface area contributed by atoms with Crippen molar-refractivity contribution in [3.05, 3.63) is 53.1 Å². The number of rotatable bonds is 8. The van der Waals surface area contributed by atoms with Crippen LogP contribution < -0.4 is 10.1 Å². The van der Waals surface area contributed by atoms with E-state index in [0.717, 1.165) is 18.5 Å². The Bertz CT molecular complexity index is 1020. The molecule has 0 bridgehead atoms. The number of imide groups is 1. The molecular formula is C27H35N3O4. The predicted molar refractivity (Wildman–Crippen MR) is 130 cm³/mol. The lowest BCUT2D eigenvalue weighted by Gasteiger charge is -2.31. The molecule has 0 radical (unpaired) electrons. The number of hydrogen-bond donors (Lipinski definition) is 1. The van der Waals surface area contributed by atoms with E-state index >= 15 is 0 Å². The maximum atomic E-state index is 13.0. The molecule has 1 aliphatic carbocycles. The third-order valence-corrected chi connectivity index (χ3v) is 6.95. The molecule has 34 heavy (non-hydrogen) atoms. The second kappa shape index (κ2) is 10.1. The van der Waals surface area contributed by atoms with Gasteiger partial charge >= 0.3 is 0 Å². The Balaban J connectivity index is 1.37. The summed E-state index contributed by atoms with van der Waals surface area (Å²) in [4.78, 5) is 40.8. The summed E-state index contributed by atoms with van der Waals surface area (Å²) in [5.41, 5.74) is 2.73. The van der Waals surface area contributed by atoms with E-state index in [0.29, 0.717) is 43.0 Å². The molecular weight excluding hydrogens is 430 g/mol. The molecule has 0 spiro atoms. The van der Waals surface area contributed by atoms with Crippen molar-refractivity contribution in [1.29, 1.82) is 0 Å². The van der Waals surface area contributed by atoms with Crippen molar-refractivity contribution in [3.8, 4) is 5.75 Å². The number of hydrogen-bond acceptors (Lipinski definition) is 5. The topological polar surface area (TPSA) is 79.0 Å². The van der Waals surface area contributed by atoms with Gasteiger partial charge in [0.15, 0.2) is 0 Å². The zero-order valence-corrected chi connectivity index (χ0v) is 20.5. The highest BCUT2D eigenvalue weighted by atomic mass is 16.5. The summed E-state index contributed by atoms with van der Waals surface area (Å²) in [7, 11) is 0. The summed E-state index contributed by atoms with van der Waals surface area (Å²) in [5.74, 6) is 0.0978. The van der Waals surface area contributed by atoms with E-state index in [-0.39, 0.29) is 24.2 Å².